The predicted octanol–water partition coefficient (Wildman–Crippen LogP) is 1.90. The van der Waals surface area contributed by atoms with E-state index in [2.05, 4.69) is 6.92 Å². The SMILES string of the molecule is CCCCCCCc1ccc(Oc2ccccc2)c(S(=O)(=O)[O-])c1.[K+]. The molecule has 0 fully saturated rings. The molecular formula is C19H23KO4S. The van der Waals surface area contributed by atoms with E-state index in [0.717, 1.165) is 24.8 Å². The molecule has 0 saturated carbocycles. The minimum absolute atomic E-state index is 0. The molecule has 0 spiro atoms. The van der Waals surface area contributed by atoms with E-state index in [1.54, 1.807) is 30.3 Å². The van der Waals surface area contributed by atoms with Gasteiger partial charge in [0.05, 0.1) is 4.90 Å². The maximum Gasteiger partial charge on any atom is 1.00 e. The summed E-state index contributed by atoms with van der Waals surface area (Å²) in [4.78, 5) is -0.294. The summed E-state index contributed by atoms with van der Waals surface area (Å²) in [7, 11) is -4.59. The van der Waals surface area contributed by atoms with Gasteiger partial charge in [0.2, 0.25) is 0 Å². The third-order valence-electron chi connectivity index (χ3n) is 3.82. The molecule has 6 heteroatoms. The number of unbranched alkanes of at least 4 members (excludes halogenated alkanes) is 4. The Morgan fingerprint density at radius 2 is 1.64 bits per heavy atom. The summed E-state index contributed by atoms with van der Waals surface area (Å²) in [5, 5.41) is 0. The fraction of sp³-hybridized carbons (Fsp3) is 0.368. The zero-order chi connectivity index (χ0) is 17.4. The molecular weight excluding hydrogens is 363 g/mol. The standard InChI is InChI=1S/C19H24O4S.K/c1-2-3-4-5-7-10-16-13-14-18(19(15-16)24(20,21)22)23-17-11-8-6-9-12-17;/h6,8-9,11-15H,2-5,7,10H2,1H3,(H,20,21,22);/q;+1/p-1. The number of rotatable bonds is 9. The Morgan fingerprint density at radius 3 is 2.28 bits per heavy atom. The molecule has 2 aromatic rings. The second kappa shape index (κ2) is 11.5. The van der Waals surface area contributed by atoms with Crippen molar-refractivity contribution in [2.75, 3.05) is 0 Å². The minimum Gasteiger partial charge on any atom is -0.744 e. The van der Waals surface area contributed by atoms with Crippen LogP contribution >= 0.6 is 0 Å². The van der Waals surface area contributed by atoms with E-state index in [9.17, 15) is 13.0 Å². The van der Waals surface area contributed by atoms with Crippen molar-refractivity contribution >= 4 is 10.1 Å². The minimum atomic E-state index is -4.59. The van der Waals surface area contributed by atoms with Crippen molar-refractivity contribution < 1.29 is 69.1 Å². The van der Waals surface area contributed by atoms with Gasteiger partial charge in [0.15, 0.2) is 0 Å². The smallest absolute Gasteiger partial charge is 0.744 e. The molecule has 2 rings (SSSR count). The van der Waals surface area contributed by atoms with E-state index >= 15 is 0 Å². The van der Waals surface area contributed by atoms with Gasteiger partial charge in [0, 0.05) is 0 Å². The molecule has 0 aromatic heterocycles. The van der Waals surface area contributed by atoms with E-state index in [0.29, 0.717) is 5.75 Å². The number of para-hydroxylation sites is 1. The summed E-state index contributed by atoms with van der Waals surface area (Å²) < 4.78 is 40.3. The first-order valence-corrected chi connectivity index (χ1v) is 9.73. The predicted molar refractivity (Wildman–Crippen MR) is 93.4 cm³/mol. The zero-order valence-electron chi connectivity index (χ0n) is 14.9. The third-order valence-corrected chi connectivity index (χ3v) is 4.68. The monoisotopic (exact) mass is 386 g/mol. The van der Waals surface area contributed by atoms with Crippen molar-refractivity contribution in [1.82, 2.24) is 0 Å². The van der Waals surface area contributed by atoms with E-state index in [-0.39, 0.29) is 62.0 Å². The molecule has 0 bridgehead atoms. The van der Waals surface area contributed by atoms with Gasteiger partial charge in [-0.1, -0.05) is 56.9 Å². The van der Waals surface area contributed by atoms with Gasteiger partial charge in [-0.25, -0.2) is 8.42 Å². The topological polar surface area (TPSA) is 66.4 Å². The molecule has 0 radical (unpaired) electrons. The summed E-state index contributed by atoms with van der Waals surface area (Å²) in [5.41, 5.74) is 0.848. The van der Waals surface area contributed by atoms with Gasteiger partial charge in [-0.3, -0.25) is 0 Å². The Labute approximate surface area is 193 Å². The van der Waals surface area contributed by atoms with Crippen LogP contribution in [0.4, 0.5) is 0 Å². The number of hydrogen-bond donors (Lipinski definition) is 0. The van der Waals surface area contributed by atoms with E-state index in [1.165, 1.54) is 25.3 Å². The summed E-state index contributed by atoms with van der Waals surface area (Å²) in [6, 6.07) is 13.7. The van der Waals surface area contributed by atoms with Crippen LogP contribution in [-0.2, 0) is 16.5 Å². The largest absolute Gasteiger partial charge is 1.00 e. The molecule has 2 aromatic carbocycles. The van der Waals surface area contributed by atoms with Gasteiger partial charge in [-0.2, -0.15) is 0 Å². The van der Waals surface area contributed by atoms with Crippen molar-refractivity contribution in [2.24, 2.45) is 0 Å². The molecule has 0 unspecified atom stereocenters. The Hall–Kier alpha value is -0.214. The van der Waals surface area contributed by atoms with Crippen LogP contribution in [0.15, 0.2) is 53.4 Å². The van der Waals surface area contributed by atoms with Crippen molar-refractivity contribution in [2.45, 2.75) is 50.3 Å². The molecule has 4 nitrogen and oxygen atoms in total. The van der Waals surface area contributed by atoms with Crippen LogP contribution < -0.4 is 56.1 Å². The first-order valence-electron chi connectivity index (χ1n) is 8.32. The van der Waals surface area contributed by atoms with Crippen molar-refractivity contribution in [1.29, 1.82) is 0 Å². The maximum absolute atomic E-state index is 11.6. The van der Waals surface area contributed by atoms with Crippen LogP contribution in [-0.4, -0.2) is 13.0 Å². The molecule has 0 saturated heterocycles. The van der Waals surface area contributed by atoms with Crippen molar-refractivity contribution in [3.05, 3.63) is 54.1 Å². The zero-order valence-corrected chi connectivity index (χ0v) is 18.8. The Morgan fingerprint density at radius 1 is 0.960 bits per heavy atom. The molecule has 0 heterocycles. The molecule has 25 heavy (non-hydrogen) atoms. The normalized spacial score (nSPS) is 11.0. The van der Waals surface area contributed by atoms with Gasteiger partial charge in [-0.05, 0) is 42.7 Å². The van der Waals surface area contributed by atoms with Crippen LogP contribution in [0.25, 0.3) is 0 Å². The fourth-order valence-corrected chi connectivity index (χ4v) is 3.19. The summed E-state index contributed by atoms with van der Waals surface area (Å²) in [5.74, 6) is 0.570. The molecule has 0 amide bonds. The number of aryl methyl sites for hydroxylation is 1. The summed E-state index contributed by atoms with van der Waals surface area (Å²) >= 11 is 0. The fourth-order valence-electron chi connectivity index (χ4n) is 2.54. The van der Waals surface area contributed by atoms with Gasteiger partial charge in [-0.15, -0.1) is 0 Å². The Bertz CT molecular complexity index is 745. The molecule has 0 aliphatic heterocycles. The Kier molecular flexibility index (Phi) is 10.5. The second-order valence-electron chi connectivity index (χ2n) is 5.81. The number of hydrogen-bond acceptors (Lipinski definition) is 4. The number of benzene rings is 2. The second-order valence-corrected chi connectivity index (χ2v) is 7.16. The van der Waals surface area contributed by atoms with Crippen LogP contribution in [0.1, 0.15) is 44.6 Å². The summed E-state index contributed by atoms with van der Waals surface area (Å²) in [6.45, 7) is 2.16. The van der Waals surface area contributed by atoms with E-state index in [1.807, 2.05) is 12.1 Å². The Balaban J connectivity index is 0.00000312. The van der Waals surface area contributed by atoms with Gasteiger partial charge in [0.1, 0.15) is 21.6 Å². The average molecular weight is 387 g/mol. The summed E-state index contributed by atoms with van der Waals surface area (Å²) in [6.07, 6.45) is 6.43. The molecule has 130 valence electrons. The van der Waals surface area contributed by atoms with Crippen LogP contribution in [0, 0.1) is 0 Å². The van der Waals surface area contributed by atoms with E-state index < -0.39 is 10.1 Å². The number of ether oxygens (including phenoxy) is 1. The van der Waals surface area contributed by atoms with Gasteiger partial charge < -0.3 is 9.29 Å². The van der Waals surface area contributed by atoms with Gasteiger partial charge >= 0.3 is 51.4 Å². The molecule has 0 aliphatic rings. The van der Waals surface area contributed by atoms with E-state index in [4.69, 9.17) is 4.74 Å². The van der Waals surface area contributed by atoms with Crippen LogP contribution in [0.2, 0.25) is 0 Å². The van der Waals surface area contributed by atoms with Gasteiger partial charge in [0.25, 0.3) is 0 Å². The van der Waals surface area contributed by atoms with Crippen molar-refractivity contribution in [3.63, 3.8) is 0 Å². The third kappa shape index (κ3) is 7.91. The van der Waals surface area contributed by atoms with Crippen molar-refractivity contribution in [3.8, 4) is 11.5 Å². The first-order chi connectivity index (χ1) is 11.5. The van der Waals surface area contributed by atoms with Crippen LogP contribution in [0.3, 0.4) is 0 Å². The molecule has 0 atom stereocenters. The van der Waals surface area contributed by atoms with Crippen LogP contribution in [0.5, 0.6) is 11.5 Å². The first kappa shape index (κ1) is 22.8. The maximum atomic E-state index is 11.6. The average Bonchev–Trinajstić information content (AvgIpc) is 2.56. The molecule has 0 N–H and O–H groups in total. The quantitative estimate of drug-likeness (QED) is 0.375. The molecule has 0 aliphatic carbocycles.